The fraction of sp³-hybridized carbons (Fsp3) is 0.308. The maximum Gasteiger partial charge on any atom is -0.0184 e. The van der Waals surface area contributed by atoms with E-state index in [1.54, 1.807) is 0 Å². The molecule has 0 atom stereocenters. The summed E-state index contributed by atoms with van der Waals surface area (Å²) in [6, 6.07) is 28.7. The Morgan fingerprint density at radius 3 is 1.62 bits per heavy atom. The van der Waals surface area contributed by atoms with Crippen molar-refractivity contribution in [2.45, 2.75) is 44.9 Å². The van der Waals surface area contributed by atoms with Crippen molar-refractivity contribution < 1.29 is 0 Å². The molecule has 0 amide bonds. The van der Waals surface area contributed by atoms with E-state index in [9.17, 15) is 0 Å². The second-order valence-corrected chi connectivity index (χ2v) is 7.68. The first-order valence-corrected chi connectivity index (χ1v) is 10.1. The predicted molar refractivity (Wildman–Crippen MR) is 112 cm³/mol. The zero-order valence-corrected chi connectivity index (χ0v) is 15.5. The largest absolute Gasteiger partial charge is 0.0622 e. The smallest absolute Gasteiger partial charge is 0.0184 e. The van der Waals surface area contributed by atoms with Crippen LogP contribution in [0.3, 0.4) is 0 Å². The molecule has 132 valence electrons. The zero-order chi connectivity index (χ0) is 17.6. The summed E-state index contributed by atoms with van der Waals surface area (Å²) in [6.07, 6.45) is 9.85. The molecular weight excluding hydrogens is 312 g/mol. The topological polar surface area (TPSA) is 0 Å². The number of hydrogen-bond acceptors (Lipinski definition) is 0. The highest BCUT2D eigenvalue weighted by Crippen LogP contribution is 2.28. The number of rotatable bonds is 5. The van der Waals surface area contributed by atoms with Crippen LogP contribution in [0.25, 0.3) is 22.3 Å². The van der Waals surface area contributed by atoms with Gasteiger partial charge in [-0.15, -0.1) is 0 Å². The van der Waals surface area contributed by atoms with E-state index >= 15 is 0 Å². The third kappa shape index (κ3) is 4.25. The van der Waals surface area contributed by atoms with Crippen LogP contribution in [0.2, 0.25) is 0 Å². The molecule has 0 aliphatic heterocycles. The fourth-order valence-electron chi connectivity index (χ4n) is 4.20. The molecule has 1 aliphatic carbocycles. The first-order chi connectivity index (χ1) is 12.9. The summed E-state index contributed by atoms with van der Waals surface area (Å²) in [4.78, 5) is 0. The lowest BCUT2D eigenvalue weighted by atomic mass is 9.85. The zero-order valence-electron chi connectivity index (χ0n) is 15.5. The minimum absolute atomic E-state index is 0.967. The molecule has 0 aromatic heterocycles. The van der Waals surface area contributed by atoms with Crippen molar-refractivity contribution >= 4 is 0 Å². The van der Waals surface area contributed by atoms with Crippen molar-refractivity contribution in [3.8, 4) is 22.3 Å². The molecule has 0 spiro atoms. The molecule has 26 heavy (non-hydrogen) atoms. The second kappa shape index (κ2) is 8.36. The van der Waals surface area contributed by atoms with Gasteiger partial charge in [-0.1, -0.05) is 111 Å². The van der Waals surface area contributed by atoms with E-state index in [1.807, 2.05) is 0 Å². The standard InChI is InChI=1S/C26H28/c1-3-7-21(8-4-1)11-12-22-13-15-24(16-14-22)26-19-17-25(18-20-26)23-9-5-2-6-10-23/h2,5-6,9-10,13-21H,1,3-4,7-8,11-12H2. The Kier molecular flexibility index (Phi) is 5.50. The molecule has 0 N–H and O–H groups in total. The van der Waals surface area contributed by atoms with Crippen LogP contribution in [0, 0.1) is 5.92 Å². The number of hydrogen-bond donors (Lipinski definition) is 0. The molecule has 0 saturated heterocycles. The summed E-state index contributed by atoms with van der Waals surface area (Å²) in [5.41, 5.74) is 6.64. The van der Waals surface area contributed by atoms with Crippen LogP contribution in [0.5, 0.6) is 0 Å². The molecular formula is C26H28. The summed E-state index contributed by atoms with van der Waals surface area (Å²) < 4.78 is 0. The lowest BCUT2D eigenvalue weighted by Crippen LogP contribution is -2.07. The Hall–Kier alpha value is -2.34. The maximum atomic E-state index is 2.32. The minimum Gasteiger partial charge on any atom is -0.0622 e. The van der Waals surface area contributed by atoms with E-state index < -0.39 is 0 Å². The Morgan fingerprint density at radius 1 is 0.538 bits per heavy atom. The van der Waals surface area contributed by atoms with Gasteiger partial charge in [0, 0.05) is 0 Å². The number of aryl methyl sites for hydroxylation is 1. The van der Waals surface area contributed by atoms with Gasteiger partial charge in [0.2, 0.25) is 0 Å². The fourth-order valence-corrected chi connectivity index (χ4v) is 4.20. The summed E-state index contributed by atoms with van der Waals surface area (Å²) in [5, 5.41) is 0. The molecule has 0 heterocycles. The molecule has 0 unspecified atom stereocenters. The average molecular weight is 341 g/mol. The van der Waals surface area contributed by atoms with Crippen LogP contribution in [0.15, 0.2) is 78.9 Å². The minimum atomic E-state index is 0.967. The molecule has 0 radical (unpaired) electrons. The van der Waals surface area contributed by atoms with Gasteiger partial charge in [-0.05, 0) is 46.6 Å². The Bertz CT molecular complexity index is 791. The molecule has 0 bridgehead atoms. The van der Waals surface area contributed by atoms with E-state index in [0.717, 1.165) is 5.92 Å². The first kappa shape index (κ1) is 17.1. The molecule has 0 nitrogen and oxygen atoms in total. The van der Waals surface area contributed by atoms with Crippen LogP contribution in [0.1, 0.15) is 44.1 Å². The van der Waals surface area contributed by atoms with E-state index in [4.69, 9.17) is 0 Å². The molecule has 1 fully saturated rings. The van der Waals surface area contributed by atoms with Gasteiger partial charge in [-0.25, -0.2) is 0 Å². The van der Waals surface area contributed by atoms with Crippen LogP contribution in [0.4, 0.5) is 0 Å². The summed E-state index contributed by atoms with van der Waals surface area (Å²) in [5.74, 6) is 0.967. The maximum absolute atomic E-state index is 2.32. The molecule has 1 saturated carbocycles. The van der Waals surface area contributed by atoms with Crippen molar-refractivity contribution in [1.29, 1.82) is 0 Å². The van der Waals surface area contributed by atoms with Gasteiger partial charge in [0.05, 0.1) is 0 Å². The van der Waals surface area contributed by atoms with Gasteiger partial charge in [0.1, 0.15) is 0 Å². The normalized spacial score (nSPS) is 15.1. The van der Waals surface area contributed by atoms with Gasteiger partial charge >= 0.3 is 0 Å². The first-order valence-electron chi connectivity index (χ1n) is 10.1. The van der Waals surface area contributed by atoms with E-state index in [1.165, 1.54) is 72.8 Å². The van der Waals surface area contributed by atoms with Crippen molar-refractivity contribution in [3.63, 3.8) is 0 Å². The molecule has 4 rings (SSSR count). The van der Waals surface area contributed by atoms with E-state index in [-0.39, 0.29) is 0 Å². The van der Waals surface area contributed by atoms with Crippen LogP contribution in [-0.2, 0) is 6.42 Å². The highest BCUT2D eigenvalue weighted by atomic mass is 14.2. The van der Waals surface area contributed by atoms with E-state index in [2.05, 4.69) is 78.9 Å². The van der Waals surface area contributed by atoms with Gasteiger partial charge in [0.25, 0.3) is 0 Å². The monoisotopic (exact) mass is 340 g/mol. The highest BCUT2D eigenvalue weighted by Gasteiger charge is 2.13. The summed E-state index contributed by atoms with van der Waals surface area (Å²) >= 11 is 0. The van der Waals surface area contributed by atoms with Gasteiger partial charge < -0.3 is 0 Å². The summed E-state index contributed by atoms with van der Waals surface area (Å²) in [6.45, 7) is 0. The van der Waals surface area contributed by atoms with Crippen LogP contribution < -0.4 is 0 Å². The molecule has 0 heteroatoms. The van der Waals surface area contributed by atoms with Crippen molar-refractivity contribution in [3.05, 3.63) is 84.4 Å². The predicted octanol–water partition coefficient (Wildman–Crippen LogP) is 7.53. The Morgan fingerprint density at radius 2 is 1.04 bits per heavy atom. The third-order valence-electron chi connectivity index (χ3n) is 5.85. The lowest BCUT2D eigenvalue weighted by Gasteiger charge is -2.21. The molecule has 3 aromatic rings. The van der Waals surface area contributed by atoms with Gasteiger partial charge in [-0.3, -0.25) is 0 Å². The summed E-state index contributed by atoms with van der Waals surface area (Å²) in [7, 11) is 0. The lowest BCUT2D eigenvalue weighted by molar-refractivity contribution is 0.339. The molecule has 3 aromatic carbocycles. The molecule has 1 aliphatic rings. The average Bonchev–Trinajstić information content (AvgIpc) is 2.74. The Balaban J connectivity index is 1.40. The van der Waals surface area contributed by atoms with Crippen molar-refractivity contribution in [2.75, 3.05) is 0 Å². The van der Waals surface area contributed by atoms with Crippen LogP contribution >= 0.6 is 0 Å². The highest BCUT2D eigenvalue weighted by molar-refractivity contribution is 5.70. The third-order valence-corrected chi connectivity index (χ3v) is 5.85. The van der Waals surface area contributed by atoms with Gasteiger partial charge in [0.15, 0.2) is 0 Å². The Labute approximate surface area is 157 Å². The second-order valence-electron chi connectivity index (χ2n) is 7.68. The van der Waals surface area contributed by atoms with Crippen molar-refractivity contribution in [1.82, 2.24) is 0 Å². The quantitative estimate of drug-likeness (QED) is 0.450. The number of benzene rings is 3. The van der Waals surface area contributed by atoms with Crippen molar-refractivity contribution in [2.24, 2.45) is 5.92 Å². The SMILES string of the molecule is c1ccc(-c2ccc(-c3ccc(CCC4CCCCC4)cc3)cc2)cc1. The van der Waals surface area contributed by atoms with Crippen LogP contribution in [-0.4, -0.2) is 0 Å². The van der Waals surface area contributed by atoms with Gasteiger partial charge in [-0.2, -0.15) is 0 Å². The van der Waals surface area contributed by atoms with E-state index in [0.29, 0.717) is 0 Å².